The zero-order valence-corrected chi connectivity index (χ0v) is 21.2. The summed E-state index contributed by atoms with van der Waals surface area (Å²) in [6.45, 7) is 6.12. The molecule has 2 aromatic rings. The van der Waals surface area contributed by atoms with Gasteiger partial charge in [0.1, 0.15) is 12.3 Å². The first-order chi connectivity index (χ1) is 16.3. The maximum atomic E-state index is 13.4. The number of anilines is 1. The van der Waals surface area contributed by atoms with Crippen molar-refractivity contribution in [2.45, 2.75) is 19.1 Å². The molecule has 0 atom stereocenters. The van der Waals surface area contributed by atoms with Crippen LogP contribution in [0.25, 0.3) is 5.69 Å². The van der Waals surface area contributed by atoms with E-state index in [-0.39, 0.29) is 19.0 Å². The summed E-state index contributed by atoms with van der Waals surface area (Å²) in [7, 11) is -1.75. The third-order valence-electron chi connectivity index (χ3n) is 5.41. The Morgan fingerprint density at radius 2 is 1.79 bits per heavy atom. The van der Waals surface area contributed by atoms with Crippen molar-refractivity contribution < 1.29 is 22.6 Å². The van der Waals surface area contributed by atoms with Crippen LogP contribution in [-0.4, -0.2) is 87.5 Å². The zero-order chi connectivity index (χ0) is 24.7. The minimum atomic E-state index is -3.34. The van der Waals surface area contributed by atoms with Crippen molar-refractivity contribution in [3.63, 3.8) is 0 Å². The van der Waals surface area contributed by atoms with Gasteiger partial charge in [0.25, 0.3) is 0 Å². The van der Waals surface area contributed by atoms with Crippen LogP contribution < -0.4 is 15.2 Å². The van der Waals surface area contributed by atoms with E-state index in [2.05, 4.69) is 5.10 Å². The Morgan fingerprint density at radius 3 is 2.44 bits per heavy atom. The Balaban J connectivity index is 1.84. The third-order valence-corrected chi connectivity index (χ3v) is 7.92. The molecule has 0 spiro atoms. The monoisotopic (exact) mass is 514 g/mol. The lowest BCUT2D eigenvalue weighted by atomic mass is 10.3. The second kappa shape index (κ2) is 12.0. The summed E-state index contributed by atoms with van der Waals surface area (Å²) in [6, 6.07) is 6.82. The molecule has 12 heteroatoms. The van der Waals surface area contributed by atoms with Crippen molar-refractivity contribution in [3.05, 3.63) is 45.8 Å². The molecule has 1 fully saturated rings. The van der Waals surface area contributed by atoms with E-state index in [1.54, 1.807) is 51.4 Å². The molecule has 10 nitrogen and oxygen atoms in total. The van der Waals surface area contributed by atoms with Gasteiger partial charge >= 0.3 is 5.56 Å². The average Bonchev–Trinajstić information content (AvgIpc) is 2.82. The van der Waals surface area contributed by atoms with E-state index in [4.69, 9.17) is 25.8 Å². The van der Waals surface area contributed by atoms with Crippen LogP contribution in [0.5, 0.6) is 5.75 Å². The molecule has 0 aliphatic carbocycles. The van der Waals surface area contributed by atoms with E-state index in [1.165, 1.54) is 8.99 Å². The summed E-state index contributed by atoms with van der Waals surface area (Å²) < 4.78 is 44.0. The van der Waals surface area contributed by atoms with Gasteiger partial charge in [0.15, 0.2) is 0 Å². The van der Waals surface area contributed by atoms with Gasteiger partial charge in [0.2, 0.25) is 15.8 Å². The predicted molar refractivity (Wildman–Crippen MR) is 131 cm³/mol. The van der Waals surface area contributed by atoms with Gasteiger partial charge in [0, 0.05) is 38.3 Å². The summed E-state index contributed by atoms with van der Waals surface area (Å²) in [5.41, 5.74) is 0.591. The van der Waals surface area contributed by atoms with E-state index in [0.29, 0.717) is 55.8 Å². The number of benzene rings is 1. The van der Waals surface area contributed by atoms with Crippen LogP contribution in [0.3, 0.4) is 0 Å². The maximum absolute atomic E-state index is 13.4. The Labute approximate surface area is 205 Å². The number of sulfonamides is 1. The van der Waals surface area contributed by atoms with Gasteiger partial charge in [-0.05, 0) is 32.0 Å². The Bertz CT molecular complexity index is 1120. The molecule has 1 saturated heterocycles. The lowest BCUT2D eigenvalue weighted by Crippen LogP contribution is -2.50. The van der Waals surface area contributed by atoms with E-state index >= 15 is 0 Å². The zero-order valence-electron chi connectivity index (χ0n) is 19.6. The molecule has 1 aromatic heterocycles. The molecule has 0 amide bonds. The summed E-state index contributed by atoms with van der Waals surface area (Å²) in [6.07, 6.45) is 1.57. The van der Waals surface area contributed by atoms with Crippen molar-refractivity contribution >= 4 is 27.3 Å². The Kier molecular flexibility index (Phi) is 9.31. The number of rotatable bonds is 11. The van der Waals surface area contributed by atoms with Crippen LogP contribution in [0, 0.1) is 0 Å². The van der Waals surface area contributed by atoms with Crippen molar-refractivity contribution in [2.24, 2.45) is 0 Å². The fourth-order valence-electron chi connectivity index (χ4n) is 3.51. The number of nitrogens with zero attached hydrogens (tertiary/aromatic N) is 4. The lowest BCUT2D eigenvalue weighted by molar-refractivity contribution is 0.0541. The van der Waals surface area contributed by atoms with Gasteiger partial charge in [-0.15, -0.1) is 0 Å². The van der Waals surface area contributed by atoms with Gasteiger partial charge in [-0.2, -0.15) is 14.1 Å². The van der Waals surface area contributed by atoms with Gasteiger partial charge in [-0.3, -0.25) is 4.79 Å². The summed E-state index contributed by atoms with van der Waals surface area (Å²) in [5.74, 6) is 0.130. The molecule has 188 valence electrons. The minimum absolute atomic E-state index is 0.130. The fraction of sp³-hybridized carbons (Fsp3) is 0.545. The van der Waals surface area contributed by atoms with Crippen molar-refractivity contribution in [1.82, 2.24) is 14.1 Å². The molecular weight excluding hydrogens is 484 g/mol. The van der Waals surface area contributed by atoms with Crippen LogP contribution in [0.2, 0.25) is 5.02 Å². The lowest BCUT2D eigenvalue weighted by Gasteiger charge is -2.36. The minimum Gasteiger partial charge on any atom is -0.484 e. The van der Waals surface area contributed by atoms with Gasteiger partial charge in [-0.1, -0.05) is 17.7 Å². The number of hydrogen-bond donors (Lipinski definition) is 0. The van der Waals surface area contributed by atoms with Gasteiger partial charge < -0.3 is 19.1 Å². The SMILES string of the molecule is COCCOCCOc1c(N2CCN(S(=O)(=O)C(C)C)CC2)cnn(-c2cccc(Cl)c2)c1=O. The number of ether oxygens (including phenoxy) is 3. The third kappa shape index (κ3) is 6.28. The highest BCUT2D eigenvalue weighted by Gasteiger charge is 2.31. The smallest absolute Gasteiger partial charge is 0.316 e. The van der Waals surface area contributed by atoms with Crippen molar-refractivity contribution in [1.29, 1.82) is 0 Å². The van der Waals surface area contributed by atoms with Crippen LogP contribution >= 0.6 is 11.6 Å². The molecule has 1 aromatic carbocycles. The first-order valence-electron chi connectivity index (χ1n) is 11.1. The van der Waals surface area contributed by atoms with Crippen LogP contribution in [0.1, 0.15) is 13.8 Å². The molecule has 1 aliphatic rings. The number of methoxy groups -OCH3 is 1. The summed E-state index contributed by atoms with van der Waals surface area (Å²) in [4.78, 5) is 15.3. The molecule has 2 heterocycles. The largest absolute Gasteiger partial charge is 0.484 e. The molecule has 0 N–H and O–H groups in total. The highest BCUT2D eigenvalue weighted by Crippen LogP contribution is 2.26. The highest BCUT2D eigenvalue weighted by molar-refractivity contribution is 7.89. The van der Waals surface area contributed by atoms with Gasteiger partial charge in [0.05, 0.1) is 37.0 Å². The number of hydrogen-bond acceptors (Lipinski definition) is 8. The van der Waals surface area contributed by atoms with E-state index in [9.17, 15) is 13.2 Å². The summed E-state index contributed by atoms with van der Waals surface area (Å²) in [5, 5.41) is 4.33. The second-order valence-electron chi connectivity index (χ2n) is 7.99. The molecule has 1 aliphatic heterocycles. The second-order valence-corrected chi connectivity index (χ2v) is 10.9. The normalized spacial score (nSPS) is 15.1. The number of halogens is 1. The Morgan fingerprint density at radius 1 is 1.09 bits per heavy atom. The standard InChI is InChI=1S/C22H31ClN4O6S/c1-17(2)34(29,30)26-9-7-25(8-10-26)20-16-24-27(19-6-4-5-18(23)15-19)22(28)21(20)33-14-13-32-12-11-31-3/h4-6,15-17H,7-14H2,1-3H3. The van der Waals surface area contributed by atoms with Crippen molar-refractivity contribution in [2.75, 3.05) is 64.6 Å². The summed E-state index contributed by atoms with van der Waals surface area (Å²) >= 11 is 6.09. The van der Waals surface area contributed by atoms with E-state index < -0.39 is 20.8 Å². The van der Waals surface area contributed by atoms with Crippen LogP contribution in [0.15, 0.2) is 35.3 Å². The highest BCUT2D eigenvalue weighted by atomic mass is 35.5. The number of aromatic nitrogens is 2. The van der Waals surface area contributed by atoms with Crippen LogP contribution in [-0.2, 0) is 19.5 Å². The predicted octanol–water partition coefficient (Wildman–Crippen LogP) is 1.79. The number of piperazine rings is 1. The molecular formula is C22H31ClN4O6S. The molecule has 0 radical (unpaired) electrons. The molecule has 34 heavy (non-hydrogen) atoms. The Hall–Kier alpha value is -2.18. The first kappa shape index (κ1) is 26.4. The van der Waals surface area contributed by atoms with Gasteiger partial charge in [-0.25, -0.2) is 8.42 Å². The molecule has 0 bridgehead atoms. The van der Waals surface area contributed by atoms with Crippen molar-refractivity contribution in [3.8, 4) is 11.4 Å². The fourth-order valence-corrected chi connectivity index (χ4v) is 4.96. The average molecular weight is 515 g/mol. The topological polar surface area (TPSA) is 103 Å². The van der Waals surface area contributed by atoms with E-state index in [1.807, 2.05) is 4.90 Å². The molecule has 3 rings (SSSR count). The molecule has 0 unspecified atom stereocenters. The maximum Gasteiger partial charge on any atom is 0.316 e. The first-order valence-corrected chi connectivity index (χ1v) is 13.0. The van der Waals surface area contributed by atoms with E-state index in [0.717, 1.165) is 0 Å². The van der Waals surface area contributed by atoms with Crippen LogP contribution in [0.4, 0.5) is 5.69 Å². The quantitative estimate of drug-likeness (QED) is 0.418. The molecule has 0 saturated carbocycles.